The van der Waals surface area contributed by atoms with Gasteiger partial charge in [0.15, 0.2) is 4.34 Å². The van der Waals surface area contributed by atoms with E-state index >= 15 is 0 Å². The maximum atomic E-state index is 12.6. The van der Waals surface area contributed by atoms with Crippen LogP contribution in [0.3, 0.4) is 0 Å². The smallest absolute Gasteiger partial charge is 0.259 e. The van der Waals surface area contributed by atoms with Crippen molar-refractivity contribution >= 4 is 67.5 Å². The zero-order valence-electron chi connectivity index (χ0n) is 16.4. The lowest BCUT2D eigenvalue weighted by Gasteiger charge is -2.10. The summed E-state index contributed by atoms with van der Waals surface area (Å²) >= 11 is 5.93. The number of thioether (sulfide) groups is 2. The molecule has 3 aromatic rings. The Labute approximate surface area is 190 Å². The van der Waals surface area contributed by atoms with E-state index in [9.17, 15) is 9.59 Å². The molecule has 0 saturated carbocycles. The number of nitrogens with zero attached hydrogens (tertiary/aromatic N) is 3. The molecule has 0 bridgehead atoms. The van der Waals surface area contributed by atoms with Crippen LogP contribution in [0.4, 0.5) is 5.13 Å². The summed E-state index contributed by atoms with van der Waals surface area (Å²) in [5.74, 6) is 1.66. The molecule has 158 valence electrons. The van der Waals surface area contributed by atoms with Crippen LogP contribution in [0.2, 0.25) is 0 Å². The van der Waals surface area contributed by atoms with Gasteiger partial charge >= 0.3 is 0 Å². The van der Waals surface area contributed by atoms with Gasteiger partial charge in [0, 0.05) is 10.6 Å². The molecule has 1 amide bonds. The molecule has 1 aliphatic rings. The van der Waals surface area contributed by atoms with Crippen LogP contribution in [0.15, 0.2) is 21.8 Å². The molecular weight excluding hydrogens is 459 g/mol. The third kappa shape index (κ3) is 4.79. The van der Waals surface area contributed by atoms with Gasteiger partial charge in [-0.3, -0.25) is 14.9 Å². The topological polar surface area (TPSA) is 101 Å². The summed E-state index contributed by atoms with van der Waals surface area (Å²) in [6.45, 7) is 5.50. The molecule has 0 radical (unpaired) electrons. The lowest BCUT2D eigenvalue weighted by Crippen LogP contribution is -2.23. The molecule has 2 N–H and O–H groups in total. The van der Waals surface area contributed by atoms with Crippen LogP contribution in [0.1, 0.15) is 36.0 Å². The van der Waals surface area contributed by atoms with Gasteiger partial charge in [-0.2, -0.15) is 0 Å². The zero-order chi connectivity index (χ0) is 21.1. The Morgan fingerprint density at radius 3 is 3.00 bits per heavy atom. The number of anilines is 1. The van der Waals surface area contributed by atoms with Crippen molar-refractivity contribution in [2.24, 2.45) is 0 Å². The minimum Gasteiger partial charge on any atom is -0.309 e. The highest BCUT2D eigenvalue weighted by atomic mass is 32.2. The van der Waals surface area contributed by atoms with E-state index in [-0.39, 0.29) is 16.7 Å². The Kier molecular flexibility index (Phi) is 6.91. The molecule has 1 atom stereocenters. The van der Waals surface area contributed by atoms with Crippen molar-refractivity contribution in [1.29, 1.82) is 0 Å². The van der Waals surface area contributed by atoms with Gasteiger partial charge in [-0.15, -0.1) is 39.9 Å². The van der Waals surface area contributed by atoms with Crippen LogP contribution in [0, 0.1) is 0 Å². The molecule has 3 heterocycles. The molecule has 0 aliphatic heterocycles. The Hall–Kier alpha value is -1.69. The predicted molar refractivity (Wildman–Crippen MR) is 127 cm³/mol. The zero-order valence-corrected chi connectivity index (χ0v) is 19.7. The third-order valence-electron chi connectivity index (χ3n) is 4.67. The molecule has 0 saturated heterocycles. The van der Waals surface area contributed by atoms with Crippen LogP contribution < -0.4 is 10.9 Å². The fourth-order valence-corrected chi connectivity index (χ4v) is 6.76. The van der Waals surface area contributed by atoms with E-state index in [1.807, 2.05) is 6.92 Å². The minimum atomic E-state index is -0.323. The first-order chi connectivity index (χ1) is 14.5. The standard InChI is InChI=1S/C19H21N5O2S4/c1-3-8-27-19-24-23-18(30-19)22-15(25)10(2)28-9-13-20-16(26)14-11-6-4-5-7-12(11)29-17(14)21-13/h3,10H,1,4-9H2,2H3,(H,20,21,26)(H,22,23,25)/t10-/m0/s1. The molecule has 4 rings (SSSR count). The average Bonchev–Trinajstić information content (AvgIpc) is 3.34. The number of aromatic nitrogens is 4. The van der Waals surface area contributed by atoms with Gasteiger partial charge < -0.3 is 4.98 Å². The number of thiophene rings is 1. The Morgan fingerprint density at radius 2 is 2.17 bits per heavy atom. The number of rotatable bonds is 8. The third-order valence-corrected chi connectivity index (χ3v) is 8.98. The Morgan fingerprint density at radius 1 is 1.33 bits per heavy atom. The van der Waals surface area contributed by atoms with E-state index in [4.69, 9.17) is 0 Å². The lowest BCUT2D eigenvalue weighted by molar-refractivity contribution is -0.115. The molecule has 0 unspecified atom stereocenters. The van der Waals surface area contributed by atoms with Gasteiger partial charge in [0.05, 0.1) is 16.4 Å². The molecular formula is C19H21N5O2S4. The van der Waals surface area contributed by atoms with E-state index in [0.29, 0.717) is 16.7 Å². The van der Waals surface area contributed by atoms with E-state index in [1.165, 1.54) is 51.7 Å². The highest BCUT2D eigenvalue weighted by molar-refractivity contribution is 8.01. The maximum absolute atomic E-state index is 12.6. The highest BCUT2D eigenvalue weighted by Crippen LogP contribution is 2.33. The summed E-state index contributed by atoms with van der Waals surface area (Å²) < 4.78 is 0.791. The Bertz CT molecular complexity index is 1140. The summed E-state index contributed by atoms with van der Waals surface area (Å²) in [5, 5.41) is 11.8. The van der Waals surface area contributed by atoms with E-state index in [0.717, 1.165) is 39.6 Å². The fourth-order valence-electron chi connectivity index (χ4n) is 3.21. The van der Waals surface area contributed by atoms with Gasteiger partial charge in [0.25, 0.3) is 5.56 Å². The number of nitrogens with one attached hydrogen (secondary N) is 2. The van der Waals surface area contributed by atoms with Gasteiger partial charge in [-0.25, -0.2) is 4.98 Å². The van der Waals surface area contributed by atoms with Crippen molar-refractivity contribution in [1.82, 2.24) is 20.2 Å². The van der Waals surface area contributed by atoms with Crippen LogP contribution in [0.25, 0.3) is 10.2 Å². The lowest BCUT2D eigenvalue weighted by atomic mass is 9.97. The van der Waals surface area contributed by atoms with Crippen LogP contribution in [-0.2, 0) is 23.4 Å². The van der Waals surface area contributed by atoms with Gasteiger partial charge in [0.1, 0.15) is 10.7 Å². The van der Waals surface area contributed by atoms with Crippen LogP contribution >= 0.6 is 46.2 Å². The van der Waals surface area contributed by atoms with Crippen molar-refractivity contribution in [3.63, 3.8) is 0 Å². The van der Waals surface area contributed by atoms with Gasteiger partial charge in [-0.05, 0) is 38.2 Å². The number of hydrogen-bond donors (Lipinski definition) is 2. The molecule has 30 heavy (non-hydrogen) atoms. The van der Waals surface area contributed by atoms with E-state index < -0.39 is 0 Å². The first-order valence-electron chi connectivity index (χ1n) is 9.58. The molecule has 0 fully saturated rings. The number of aromatic amines is 1. The summed E-state index contributed by atoms with van der Waals surface area (Å²) in [6.07, 6.45) is 6.10. The number of carbonyl (C=O) groups excluding carboxylic acids is 1. The van der Waals surface area contributed by atoms with Crippen molar-refractivity contribution in [3.8, 4) is 0 Å². The normalized spacial score (nSPS) is 14.4. The summed E-state index contributed by atoms with van der Waals surface area (Å²) in [4.78, 5) is 34.8. The molecule has 3 aromatic heterocycles. The second-order valence-corrected chi connectivity index (χ2v) is 11.5. The molecule has 7 nitrogen and oxygen atoms in total. The van der Waals surface area contributed by atoms with Crippen molar-refractivity contribution in [2.75, 3.05) is 11.1 Å². The Balaban J connectivity index is 1.38. The summed E-state index contributed by atoms with van der Waals surface area (Å²) in [6, 6.07) is 0. The predicted octanol–water partition coefficient (Wildman–Crippen LogP) is 4.25. The average molecular weight is 480 g/mol. The molecule has 11 heteroatoms. The number of carbonyl (C=O) groups is 1. The fraction of sp³-hybridized carbons (Fsp3) is 0.421. The number of hydrogen-bond acceptors (Lipinski definition) is 9. The number of fused-ring (bicyclic) bond motifs is 3. The van der Waals surface area contributed by atoms with Crippen LogP contribution in [-0.4, -0.2) is 37.1 Å². The molecule has 0 aromatic carbocycles. The van der Waals surface area contributed by atoms with Gasteiger partial charge in [0.2, 0.25) is 11.0 Å². The second kappa shape index (κ2) is 9.63. The molecule has 0 spiro atoms. The van der Waals surface area contributed by atoms with Crippen molar-refractivity contribution < 1.29 is 4.79 Å². The summed E-state index contributed by atoms with van der Waals surface area (Å²) in [5.41, 5.74) is 1.12. The monoisotopic (exact) mass is 479 g/mol. The first kappa shape index (κ1) is 21.5. The quantitative estimate of drug-likeness (QED) is 0.283. The first-order valence-corrected chi connectivity index (χ1v) is 13.2. The van der Waals surface area contributed by atoms with E-state index in [2.05, 4.69) is 32.1 Å². The van der Waals surface area contributed by atoms with Crippen molar-refractivity contribution in [3.05, 3.63) is 39.3 Å². The SMILES string of the molecule is C=CCSc1nnc(NC(=O)[C@H](C)SCc2nc3sc4c(c3c(=O)[nH]2)CCCC4)s1. The summed E-state index contributed by atoms with van der Waals surface area (Å²) in [7, 11) is 0. The van der Waals surface area contributed by atoms with Crippen molar-refractivity contribution in [2.45, 2.75) is 47.9 Å². The highest BCUT2D eigenvalue weighted by Gasteiger charge is 2.21. The second-order valence-electron chi connectivity index (χ2n) is 6.82. The minimum absolute atomic E-state index is 0.0643. The largest absolute Gasteiger partial charge is 0.309 e. The molecule has 1 aliphatic carbocycles. The van der Waals surface area contributed by atoms with E-state index in [1.54, 1.807) is 17.4 Å². The number of aryl methyl sites for hydroxylation is 2. The number of H-pyrrole nitrogens is 1. The van der Waals surface area contributed by atoms with Gasteiger partial charge in [-0.1, -0.05) is 29.2 Å². The maximum Gasteiger partial charge on any atom is 0.259 e. The number of amides is 1. The van der Waals surface area contributed by atoms with Crippen LogP contribution in [0.5, 0.6) is 0 Å².